The van der Waals surface area contributed by atoms with Gasteiger partial charge < -0.3 is 4.74 Å². The molecule has 0 fully saturated rings. The Balaban J connectivity index is 2.70. The molecule has 10 heavy (non-hydrogen) atoms. The Morgan fingerprint density at radius 3 is 3.30 bits per heavy atom. The summed E-state index contributed by atoms with van der Waals surface area (Å²) >= 11 is 0. The van der Waals surface area contributed by atoms with E-state index < -0.39 is 0 Å². The first-order valence-electron chi connectivity index (χ1n) is 2.72. The Morgan fingerprint density at radius 2 is 2.70 bits per heavy atom. The molecule has 0 amide bonds. The monoisotopic (exact) mass is 143 g/mol. The molecule has 0 saturated carbocycles. The molecule has 0 aromatic carbocycles. The van der Waals surface area contributed by atoms with Crippen LogP contribution in [0.3, 0.4) is 0 Å². The van der Waals surface area contributed by atoms with Gasteiger partial charge in [0.15, 0.2) is 0 Å². The summed E-state index contributed by atoms with van der Waals surface area (Å²) in [7, 11) is 1.57. The summed E-state index contributed by atoms with van der Waals surface area (Å²) in [6, 6.07) is 0. The minimum absolute atomic E-state index is 0.347. The molecule has 0 saturated heterocycles. The Labute approximate surface area is 58.0 Å². The van der Waals surface area contributed by atoms with Gasteiger partial charge in [-0.05, 0) is 0 Å². The smallest absolute Gasteiger partial charge is 0.237 e. The van der Waals surface area contributed by atoms with Crippen LogP contribution >= 0.6 is 0 Å². The molecule has 1 heterocycles. The van der Waals surface area contributed by atoms with Gasteiger partial charge in [-0.3, -0.25) is 5.43 Å². The summed E-state index contributed by atoms with van der Waals surface area (Å²) < 4.78 is 6.29. The molecule has 0 bridgehead atoms. The van der Waals surface area contributed by atoms with Gasteiger partial charge in [0.1, 0.15) is 13.1 Å². The van der Waals surface area contributed by atoms with Crippen molar-refractivity contribution in [3.63, 3.8) is 0 Å². The SMILES string of the molecule is COCn1ncnc1NN. The molecule has 0 atom stereocenters. The summed E-state index contributed by atoms with van der Waals surface area (Å²) in [5, 5.41) is 3.81. The van der Waals surface area contributed by atoms with E-state index in [9.17, 15) is 0 Å². The van der Waals surface area contributed by atoms with Gasteiger partial charge in [0.2, 0.25) is 5.95 Å². The van der Waals surface area contributed by atoms with E-state index in [1.807, 2.05) is 0 Å². The minimum atomic E-state index is 0.347. The van der Waals surface area contributed by atoms with Gasteiger partial charge in [-0.1, -0.05) is 0 Å². The molecule has 56 valence electrons. The predicted molar refractivity (Wildman–Crippen MR) is 34.8 cm³/mol. The molecule has 3 N–H and O–H groups in total. The zero-order valence-corrected chi connectivity index (χ0v) is 5.61. The van der Waals surface area contributed by atoms with Crippen molar-refractivity contribution in [3.8, 4) is 0 Å². The fraction of sp³-hybridized carbons (Fsp3) is 0.500. The van der Waals surface area contributed by atoms with E-state index in [0.29, 0.717) is 12.7 Å². The van der Waals surface area contributed by atoms with E-state index in [1.54, 1.807) is 7.11 Å². The van der Waals surface area contributed by atoms with Crippen LogP contribution in [0.4, 0.5) is 5.95 Å². The Bertz CT molecular complexity index is 197. The quantitative estimate of drug-likeness (QED) is 0.426. The van der Waals surface area contributed by atoms with Crippen molar-refractivity contribution >= 4 is 5.95 Å². The van der Waals surface area contributed by atoms with Crippen molar-refractivity contribution in [2.24, 2.45) is 5.84 Å². The summed E-state index contributed by atoms with van der Waals surface area (Å²) in [5.41, 5.74) is 2.37. The Kier molecular flexibility index (Phi) is 2.19. The number of rotatable bonds is 3. The molecular formula is C4H9N5O. The molecule has 0 spiro atoms. The van der Waals surface area contributed by atoms with Crippen molar-refractivity contribution in [2.75, 3.05) is 12.5 Å². The van der Waals surface area contributed by atoms with Crippen molar-refractivity contribution in [2.45, 2.75) is 6.73 Å². The van der Waals surface area contributed by atoms with Crippen LogP contribution < -0.4 is 11.3 Å². The maximum Gasteiger partial charge on any atom is 0.237 e. The van der Waals surface area contributed by atoms with Crippen LogP contribution in [0.25, 0.3) is 0 Å². The standard InChI is InChI=1S/C4H9N5O/c1-10-3-9-4(8-5)6-2-7-9/h2H,3,5H2,1H3,(H,6,7,8). The van der Waals surface area contributed by atoms with Crippen LogP contribution in [0.1, 0.15) is 0 Å². The lowest BCUT2D eigenvalue weighted by atomic mass is 11.0. The molecule has 1 rings (SSSR count). The molecule has 1 aromatic rings. The first-order valence-corrected chi connectivity index (χ1v) is 2.72. The molecular weight excluding hydrogens is 134 g/mol. The number of nitrogens with two attached hydrogens (primary N) is 1. The molecule has 0 unspecified atom stereocenters. The molecule has 0 aliphatic carbocycles. The van der Waals surface area contributed by atoms with Gasteiger partial charge in [0.25, 0.3) is 0 Å². The maximum absolute atomic E-state index is 5.10. The lowest BCUT2D eigenvalue weighted by Gasteiger charge is -2.01. The van der Waals surface area contributed by atoms with E-state index in [4.69, 9.17) is 10.6 Å². The fourth-order valence-corrected chi connectivity index (χ4v) is 0.593. The van der Waals surface area contributed by atoms with Gasteiger partial charge in [-0.2, -0.15) is 10.1 Å². The average molecular weight is 143 g/mol. The van der Waals surface area contributed by atoms with Crippen molar-refractivity contribution in [3.05, 3.63) is 6.33 Å². The van der Waals surface area contributed by atoms with Gasteiger partial charge in [0, 0.05) is 7.11 Å². The highest BCUT2D eigenvalue weighted by atomic mass is 16.5. The van der Waals surface area contributed by atoms with E-state index in [0.717, 1.165) is 0 Å². The third-order valence-electron chi connectivity index (χ3n) is 0.996. The minimum Gasteiger partial charge on any atom is -0.362 e. The lowest BCUT2D eigenvalue weighted by Crippen LogP contribution is -2.14. The number of nitrogens with one attached hydrogen (secondary N) is 1. The van der Waals surface area contributed by atoms with E-state index >= 15 is 0 Å². The summed E-state index contributed by atoms with van der Waals surface area (Å²) in [6.07, 6.45) is 1.40. The first-order chi connectivity index (χ1) is 4.88. The number of aromatic nitrogens is 3. The largest absolute Gasteiger partial charge is 0.362 e. The molecule has 0 radical (unpaired) electrons. The number of methoxy groups -OCH3 is 1. The number of ether oxygens (including phenoxy) is 1. The number of nitrogen functional groups attached to an aromatic ring is 1. The normalized spacial score (nSPS) is 9.80. The molecule has 6 heteroatoms. The third kappa shape index (κ3) is 1.23. The first kappa shape index (κ1) is 6.97. The number of nitrogens with zero attached hydrogens (tertiary/aromatic N) is 3. The lowest BCUT2D eigenvalue weighted by molar-refractivity contribution is 0.122. The van der Waals surface area contributed by atoms with Gasteiger partial charge >= 0.3 is 0 Å². The van der Waals surface area contributed by atoms with Crippen LogP contribution in [0.5, 0.6) is 0 Å². The highest BCUT2D eigenvalue weighted by Gasteiger charge is 1.98. The van der Waals surface area contributed by atoms with Gasteiger partial charge in [-0.25, -0.2) is 10.5 Å². The molecule has 1 aromatic heterocycles. The number of hydrazine groups is 1. The van der Waals surface area contributed by atoms with Crippen molar-refractivity contribution < 1.29 is 4.74 Å². The van der Waals surface area contributed by atoms with Crippen LogP contribution in [0.2, 0.25) is 0 Å². The van der Waals surface area contributed by atoms with Crippen LogP contribution in [0.15, 0.2) is 6.33 Å². The van der Waals surface area contributed by atoms with Gasteiger partial charge in [0.05, 0.1) is 0 Å². The number of hydrogen-bond donors (Lipinski definition) is 2. The summed E-state index contributed by atoms with van der Waals surface area (Å²) in [4.78, 5) is 3.79. The Hall–Kier alpha value is -1.14. The van der Waals surface area contributed by atoms with Crippen LogP contribution in [-0.4, -0.2) is 21.9 Å². The van der Waals surface area contributed by atoms with Crippen molar-refractivity contribution in [1.29, 1.82) is 0 Å². The second kappa shape index (κ2) is 3.14. The molecule has 6 nitrogen and oxygen atoms in total. The fourth-order valence-electron chi connectivity index (χ4n) is 0.593. The predicted octanol–water partition coefficient (Wildman–Crippen LogP) is -0.832. The molecule has 0 aliphatic rings. The van der Waals surface area contributed by atoms with Crippen molar-refractivity contribution in [1.82, 2.24) is 14.8 Å². The second-order valence-electron chi connectivity index (χ2n) is 1.65. The van der Waals surface area contributed by atoms with Crippen LogP contribution in [-0.2, 0) is 11.5 Å². The number of anilines is 1. The summed E-state index contributed by atoms with van der Waals surface area (Å²) in [6.45, 7) is 0.347. The zero-order valence-electron chi connectivity index (χ0n) is 5.61. The van der Waals surface area contributed by atoms with E-state index in [1.165, 1.54) is 11.0 Å². The maximum atomic E-state index is 5.10. The summed E-state index contributed by atoms with van der Waals surface area (Å²) in [5.74, 6) is 5.58. The average Bonchev–Trinajstić information content (AvgIpc) is 2.36. The van der Waals surface area contributed by atoms with Gasteiger partial charge in [-0.15, -0.1) is 0 Å². The topological polar surface area (TPSA) is 78.0 Å². The third-order valence-corrected chi connectivity index (χ3v) is 0.996. The van der Waals surface area contributed by atoms with Crippen LogP contribution in [0, 0.1) is 0 Å². The molecule has 0 aliphatic heterocycles. The zero-order chi connectivity index (χ0) is 7.40. The Morgan fingerprint density at radius 1 is 1.90 bits per heavy atom. The number of hydrogen-bond acceptors (Lipinski definition) is 5. The second-order valence-corrected chi connectivity index (χ2v) is 1.65. The highest BCUT2D eigenvalue weighted by Crippen LogP contribution is 1.96. The van der Waals surface area contributed by atoms with E-state index in [-0.39, 0.29) is 0 Å². The highest BCUT2D eigenvalue weighted by molar-refractivity contribution is 5.19. The van der Waals surface area contributed by atoms with E-state index in [2.05, 4.69) is 15.5 Å².